The molecule has 2 N–H and O–H groups in total. The Kier molecular flexibility index (Phi) is 5.69. The van der Waals surface area contributed by atoms with Crippen LogP contribution in [-0.2, 0) is 4.79 Å². The minimum absolute atomic E-state index is 0. The average Bonchev–Trinajstić information content (AvgIpc) is 3.35. The van der Waals surface area contributed by atoms with Crippen LogP contribution in [0.1, 0.15) is 42.0 Å². The third-order valence-corrected chi connectivity index (χ3v) is 5.94. The van der Waals surface area contributed by atoms with Crippen LogP contribution in [0.3, 0.4) is 0 Å². The van der Waals surface area contributed by atoms with Gasteiger partial charge >= 0.3 is 0 Å². The van der Waals surface area contributed by atoms with E-state index in [1.807, 2.05) is 18.2 Å². The number of hydrogen-bond donors (Lipinski definition) is 2. The van der Waals surface area contributed by atoms with Crippen molar-refractivity contribution < 1.29 is 4.79 Å². The molecule has 1 heterocycles. The Hall–Kier alpha value is -1.84. The Balaban J connectivity index is 0.00000196. The van der Waals surface area contributed by atoms with Crippen LogP contribution in [0.5, 0.6) is 0 Å². The summed E-state index contributed by atoms with van der Waals surface area (Å²) in [5.41, 5.74) is 3.78. The summed E-state index contributed by atoms with van der Waals surface area (Å²) >= 11 is 0. The lowest BCUT2D eigenvalue weighted by Crippen LogP contribution is -2.35. The van der Waals surface area contributed by atoms with Crippen LogP contribution in [-0.4, -0.2) is 19.0 Å². The van der Waals surface area contributed by atoms with Crippen LogP contribution in [0.15, 0.2) is 54.6 Å². The molecule has 2 unspecified atom stereocenters. The molecule has 4 heteroatoms. The summed E-state index contributed by atoms with van der Waals surface area (Å²) < 4.78 is 0. The fourth-order valence-corrected chi connectivity index (χ4v) is 4.20. The third-order valence-electron chi connectivity index (χ3n) is 5.94. The normalized spacial score (nSPS) is 21.5. The van der Waals surface area contributed by atoms with Crippen molar-refractivity contribution in [2.45, 2.75) is 32.2 Å². The van der Waals surface area contributed by atoms with Crippen molar-refractivity contribution in [1.29, 1.82) is 0 Å². The molecular weight excluding hydrogens is 344 g/mol. The minimum Gasteiger partial charge on any atom is -0.345 e. The first-order valence-corrected chi connectivity index (χ1v) is 9.31. The number of hydrogen-bond acceptors (Lipinski definition) is 2. The van der Waals surface area contributed by atoms with Gasteiger partial charge in [0.1, 0.15) is 0 Å². The monoisotopic (exact) mass is 370 g/mol. The highest BCUT2D eigenvalue weighted by Crippen LogP contribution is 2.58. The number of rotatable bonds is 4. The van der Waals surface area contributed by atoms with E-state index in [9.17, 15) is 4.79 Å². The molecule has 1 spiro atoms. The average molecular weight is 371 g/mol. The van der Waals surface area contributed by atoms with E-state index in [1.165, 1.54) is 5.56 Å². The second kappa shape index (κ2) is 7.81. The molecule has 3 nitrogen and oxygen atoms in total. The Labute approximate surface area is 162 Å². The third kappa shape index (κ3) is 3.79. The summed E-state index contributed by atoms with van der Waals surface area (Å²) in [6.07, 6.45) is 3.31. The van der Waals surface area contributed by atoms with Crippen LogP contribution < -0.4 is 10.6 Å². The van der Waals surface area contributed by atoms with Crippen LogP contribution in [0, 0.1) is 18.3 Å². The van der Waals surface area contributed by atoms with Gasteiger partial charge in [-0.15, -0.1) is 12.4 Å². The molecule has 1 aliphatic heterocycles. The molecular formula is C22H27ClN2O. The van der Waals surface area contributed by atoms with Crippen molar-refractivity contribution in [3.63, 3.8) is 0 Å². The van der Waals surface area contributed by atoms with E-state index in [4.69, 9.17) is 0 Å². The van der Waals surface area contributed by atoms with E-state index in [-0.39, 0.29) is 35.7 Å². The molecule has 1 saturated carbocycles. The highest BCUT2D eigenvalue weighted by atomic mass is 35.5. The molecule has 0 radical (unpaired) electrons. The number of piperidine rings is 1. The first-order valence-electron chi connectivity index (χ1n) is 9.31. The number of benzene rings is 2. The Bertz CT molecular complexity index is 738. The fraction of sp³-hybridized carbons (Fsp3) is 0.409. The smallest absolute Gasteiger partial charge is 0.224 e. The van der Waals surface area contributed by atoms with Crippen LogP contribution in [0.4, 0.5) is 0 Å². The molecule has 0 aromatic heterocycles. The number of amides is 1. The van der Waals surface area contributed by atoms with E-state index in [2.05, 4.69) is 54.0 Å². The van der Waals surface area contributed by atoms with E-state index in [0.717, 1.165) is 43.5 Å². The van der Waals surface area contributed by atoms with E-state index in [1.54, 1.807) is 0 Å². The molecule has 4 rings (SSSR count). The second-order valence-corrected chi connectivity index (χ2v) is 7.63. The fourth-order valence-electron chi connectivity index (χ4n) is 4.20. The minimum atomic E-state index is -0.0753. The predicted molar refractivity (Wildman–Crippen MR) is 107 cm³/mol. The van der Waals surface area contributed by atoms with E-state index >= 15 is 0 Å². The van der Waals surface area contributed by atoms with Gasteiger partial charge in [0, 0.05) is 5.92 Å². The molecule has 138 valence electrons. The Morgan fingerprint density at radius 3 is 2.31 bits per heavy atom. The molecule has 1 saturated heterocycles. The standard InChI is InChI=1S/C22H26N2O.ClH/c1-16-7-9-18(10-8-16)20(17-5-3-2-4-6-17)24-21(25)19-15-22(19)11-13-23-14-12-22;/h2-10,19-20,23H,11-15H2,1H3,(H,24,25);1H. The molecule has 0 bridgehead atoms. The van der Waals surface area contributed by atoms with Crippen molar-refractivity contribution in [3.05, 3.63) is 71.3 Å². The van der Waals surface area contributed by atoms with Crippen molar-refractivity contribution in [3.8, 4) is 0 Å². The highest BCUT2D eigenvalue weighted by Gasteiger charge is 2.57. The van der Waals surface area contributed by atoms with Gasteiger partial charge in [0.15, 0.2) is 0 Å². The zero-order chi connectivity index (χ0) is 17.3. The van der Waals surface area contributed by atoms with Gasteiger partial charge in [-0.25, -0.2) is 0 Å². The van der Waals surface area contributed by atoms with Crippen molar-refractivity contribution in [2.24, 2.45) is 11.3 Å². The molecule has 2 aliphatic rings. The quantitative estimate of drug-likeness (QED) is 0.853. The van der Waals surface area contributed by atoms with Gasteiger partial charge in [0.2, 0.25) is 5.91 Å². The molecule has 26 heavy (non-hydrogen) atoms. The van der Waals surface area contributed by atoms with Crippen LogP contribution >= 0.6 is 12.4 Å². The summed E-state index contributed by atoms with van der Waals surface area (Å²) in [6.45, 7) is 4.18. The summed E-state index contributed by atoms with van der Waals surface area (Å²) in [4.78, 5) is 13.0. The number of carbonyl (C=O) groups excluding carboxylic acids is 1. The van der Waals surface area contributed by atoms with Gasteiger partial charge in [0.25, 0.3) is 0 Å². The maximum absolute atomic E-state index is 13.0. The van der Waals surface area contributed by atoms with Gasteiger partial charge < -0.3 is 10.6 Å². The molecule has 1 amide bonds. The zero-order valence-electron chi connectivity index (χ0n) is 15.2. The largest absolute Gasteiger partial charge is 0.345 e. The number of nitrogens with one attached hydrogen (secondary N) is 2. The topological polar surface area (TPSA) is 41.1 Å². The van der Waals surface area contributed by atoms with Gasteiger partial charge in [-0.2, -0.15) is 0 Å². The van der Waals surface area contributed by atoms with Crippen LogP contribution in [0.25, 0.3) is 0 Å². The number of carbonyl (C=O) groups is 1. The number of aryl methyl sites for hydroxylation is 1. The summed E-state index contributed by atoms with van der Waals surface area (Å²) in [5.74, 6) is 0.405. The molecule has 2 aromatic rings. The molecule has 1 aliphatic carbocycles. The van der Waals surface area contributed by atoms with Gasteiger partial charge in [-0.05, 0) is 55.8 Å². The lowest BCUT2D eigenvalue weighted by molar-refractivity contribution is -0.123. The lowest BCUT2D eigenvalue weighted by Gasteiger charge is -2.25. The Morgan fingerprint density at radius 2 is 1.65 bits per heavy atom. The SMILES string of the molecule is Cc1ccc(C(NC(=O)C2CC23CCNCC3)c2ccccc2)cc1.Cl. The summed E-state index contributed by atoms with van der Waals surface area (Å²) in [6, 6.07) is 18.7. The summed E-state index contributed by atoms with van der Waals surface area (Å²) in [7, 11) is 0. The number of halogens is 1. The van der Waals surface area contributed by atoms with Gasteiger partial charge in [-0.3, -0.25) is 4.79 Å². The maximum atomic E-state index is 13.0. The van der Waals surface area contributed by atoms with Crippen LogP contribution in [0.2, 0.25) is 0 Å². The summed E-state index contributed by atoms with van der Waals surface area (Å²) in [5, 5.41) is 6.75. The Morgan fingerprint density at radius 1 is 1.04 bits per heavy atom. The first-order chi connectivity index (χ1) is 12.2. The first kappa shape index (κ1) is 18.9. The van der Waals surface area contributed by atoms with Crippen molar-refractivity contribution in [1.82, 2.24) is 10.6 Å². The maximum Gasteiger partial charge on any atom is 0.224 e. The van der Waals surface area contributed by atoms with Gasteiger partial charge in [-0.1, -0.05) is 60.2 Å². The molecule has 2 aromatic carbocycles. The molecule has 2 fully saturated rings. The zero-order valence-corrected chi connectivity index (χ0v) is 16.0. The van der Waals surface area contributed by atoms with Gasteiger partial charge in [0.05, 0.1) is 6.04 Å². The lowest BCUT2D eigenvalue weighted by atomic mass is 9.91. The second-order valence-electron chi connectivity index (χ2n) is 7.63. The van der Waals surface area contributed by atoms with E-state index in [0.29, 0.717) is 0 Å². The predicted octanol–water partition coefficient (Wildman–Crippen LogP) is 4.01. The van der Waals surface area contributed by atoms with Crippen molar-refractivity contribution in [2.75, 3.05) is 13.1 Å². The highest BCUT2D eigenvalue weighted by molar-refractivity contribution is 5.85. The van der Waals surface area contributed by atoms with E-state index < -0.39 is 0 Å². The van der Waals surface area contributed by atoms with Crippen molar-refractivity contribution >= 4 is 18.3 Å². The molecule has 2 atom stereocenters.